The number of thiocarbonyl (C=S) groups is 1. The molecule has 4 nitrogen and oxygen atoms in total. The molecule has 0 amide bonds. The van der Waals surface area contributed by atoms with E-state index in [0.29, 0.717) is 15.3 Å². The molecule has 7 heteroatoms. The maximum absolute atomic E-state index is 13.5. The number of nitrogens with one attached hydrogen (secondary N) is 1. The minimum absolute atomic E-state index is 0.100. The van der Waals surface area contributed by atoms with Crippen LogP contribution >= 0.6 is 28.1 Å². The van der Waals surface area contributed by atoms with Gasteiger partial charge in [-0.15, -0.1) is 0 Å². The second-order valence-electron chi connectivity index (χ2n) is 7.00. The second kappa shape index (κ2) is 8.63. The van der Waals surface area contributed by atoms with Crippen molar-refractivity contribution in [1.82, 2.24) is 15.2 Å². The molecule has 0 radical (unpaired) electrons. The molecular formula is C22H21BrFN3OS. The summed E-state index contributed by atoms with van der Waals surface area (Å²) in [6, 6.07) is 14.1. The molecule has 2 aromatic heterocycles. The number of pyridine rings is 1. The van der Waals surface area contributed by atoms with Crippen molar-refractivity contribution in [2.75, 3.05) is 6.54 Å². The highest BCUT2D eigenvalue weighted by atomic mass is 79.9. The van der Waals surface area contributed by atoms with Crippen molar-refractivity contribution in [3.8, 4) is 11.3 Å². The molecule has 150 valence electrons. The Labute approximate surface area is 183 Å². The Hall–Kier alpha value is -2.25. The number of nitrogens with zero attached hydrogens (tertiary/aromatic N) is 2. The van der Waals surface area contributed by atoms with E-state index in [-0.39, 0.29) is 17.9 Å². The summed E-state index contributed by atoms with van der Waals surface area (Å²) in [5.74, 6) is 1.19. The van der Waals surface area contributed by atoms with Gasteiger partial charge >= 0.3 is 0 Å². The van der Waals surface area contributed by atoms with Crippen LogP contribution in [0, 0.1) is 5.82 Å². The zero-order valence-electron chi connectivity index (χ0n) is 15.9. The number of unbranched alkanes of at least 4 members (excludes halogenated alkanes) is 1. The van der Waals surface area contributed by atoms with Crippen molar-refractivity contribution in [2.24, 2.45) is 0 Å². The Balaban J connectivity index is 1.72. The maximum Gasteiger partial charge on any atom is 0.170 e. The summed E-state index contributed by atoms with van der Waals surface area (Å²) >= 11 is 9.07. The summed E-state index contributed by atoms with van der Waals surface area (Å²) in [6.45, 7) is 3.00. The number of aromatic nitrogens is 1. The molecule has 0 aliphatic carbocycles. The number of hydrogen-bond donors (Lipinski definition) is 1. The Kier molecular flexibility index (Phi) is 5.96. The molecule has 0 bridgehead atoms. The van der Waals surface area contributed by atoms with E-state index in [2.05, 4.69) is 38.1 Å². The van der Waals surface area contributed by atoms with Gasteiger partial charge in [-0.25, -0.2) is 4.39 Å². The van der Waals surface area contributed by atoms with Gasteiger partial charge in [-0.05, 0) is 77.0 Å². The lowest BCUT2D eigenvalue weighted by atomic mass is 10.0. The average molecular weight is 474 g/mol. The highest BCUT2D eigenvalue weighted by Gasteiger charge is 2.41. The topological polar surface area (TPSA) is 41.3 Å². The number of furan rings is 1. The number of rotatable bonds is 6. The fourth-order valence-corrected chi connectivity index (χ4v) is 4.51. The predicted molar refractivity (Wildman–Crippen MR) is 119 cm³/mol. The molecule has 1 aliphatic rings. The minimum atomic E-state index is -0.293. The van der Waals surface area contributed by atoms with E-state index in [9.17, 15) is 4.39 Å². The molecule has 1 aromatic carbocycles. The highest BCUT2D eigenvalue weighted by Crippen LogP contribution is 2.41. The number of benzene rings is 1. The van der Waals surface area contributed by atoms with Gasteiger partial charge in [0.1, 0.15) is 23.4 Å². The third-order valence-corrected chi connectivity index (χ3v) is 6.07. The van der Waals surface area contributed by atoms with Crippen LogP contribution in [0.15, 0.2) is 63.6 Å². The molecular weight excluding hydrogens is 453 g/mol. The molecule has 0 saturated carbocycles. The van der Waals surface area contributed by atoms with E-state index in [0.717, 1.165) is 36.4 Å². The zero-order chi connectivity index (χ0) is 20.4. The molecule has 3 heterocycles. The van der Waals surface area contributed by atoms with Crippen LogP contribution in [-0.4, -0.2) is 21.5 Å². The van der Waals surface area contributed by atoms with Crippen LogP contribution in [0.2, 0.25) is 0 Å². The smallest absolute Gasteiger partial charge is 0.170 e. The molecule has 29 heavy (non-hydrogen) atoms. The molecule has 1 N–H and O–H groups in total. The lowest BCUT2D eigenvalue weighted by Gasteiger charge is -2.25. The zero-order valence-corrected chi connectivity index (χ0v) is 18.3. The van der Waals surface area contributed by atoms with E-state index in [1.807, 2.05) is 30.3 Å². The van der Waals surface area contributed by atoms with Crippen LogP contribution in [0.1, 0.15) is 43.3 Å². The largest absolute Gasteiger partial charge is 0.459 e. The summed E-state index contributed by atoms with van der Waals surface area (Å²) in [7, 11) is 0. The van der Waals surface area contributed by atoms with Gasteiger partial charge in [0.2, 0.25) is 0 Å². The standard InChI is InChI=1S/C22H21BrFN3OS/c1-2-3-12-27-21(20(26-22(27)29)17-6-4-5-11-25-17)19-10-9-18(28-19)15-8-7-14(24)13-16(15)23/h4-11,13,20-21H,2-3,12H2,1H3,(H,26,29). The minimum Gasteiger partial charge on any atom is -0.459 e. The van der Waals surface area contributed by atoms with Gasteiger partial charge in [0.15, 0.2) is 5.11 Å². The van der Waals surface area contributed by atoms with Crippen molar-refractivity contribution in [3.63, 3.8) is 0 Å². The summed E-state index contributed by atoms with van der Waals surface area (Å²) in [4.78, 5) is 6.72. The first-order chi connectivity index (χ1) is 14.1. The lowest BCUT2D eigenvalue weighted by molar-refractivity contribution is 0.271. The molecule has 3 aromatic rings. The summed E-state index contributed by atoms with van der Waals surface area (Å²) in [5, 5.41) is 4.13. The molecule has 1 aliphatic heterocycles. The Morgan fingerprint density at radius 2 is 2.10 bits per heavy atom. The fraction of sp³-hybridized carbons (Fsp3) is 0.273. The highest BCUT2D eigenvalue weighted by molar-refractivity contribution is 9.10. The predicted octanol–water partition coefficient (Wildman–Crippen LogP) is 6.02. The van der Waals surface area contributed by atoms with E-state index in [1.165, 1.54) is 12.1 Å². The molecule has 4 rings (SSSR count). The third-order valence-electron chi connectivity index (χ3n) is 5.07. The van der Waals surface area contributed by atoms with Crippen molar-refractivity contribution < 1.29 is 8.81 Å². The molecule has 2 atom stereocenters. The van der Waals surface area contributed by atoms with Gasteiger partial charge < -0.3 is 14.6 Å². The molecule has 1 saturated heterocycles. The Morgan fingerprint density at radius 1 is 1.24 bits per heavy atom. The summed E-state index contributed by atoms with van der Waals surface area (Å²) < 4.78 is 20.4. The Bertz CT molecular complexity index is 1010. The van der Waals surface area contributed by atoms with Crippen LogP contribution in [0.25, 0.3) is 11.3 Å². The van der Waals surface area contributed by atoms with Crippen molar-refractivity contribution >= 4 is 33.3 Å². The van der Waals surface area contributed by atoms with Crippen LogP contribution in [0.5, 0.6) is 0 Å². The van der Waals surface area contributed by atoms with Gasteiger partial charge in [0.05, 0.1) is 11.7 Å². The van der Waals surface area contributed by atoms with Gasteiger partial charge in [-0.2, -0.15) is 0 Å². The second-order valence-corrected chi connectivity index (χ2v) is 8.24. The quantitative estimate of drug-likeness (QED) is 0.443. The summed E-state index contributed by atoms with van der Waals surface area (Å²) in [5.41, 5.74) is 1.72. The van der Waals surface area contributed by atoms with Crippen LogP contribution in [0.3, 0.4) is 0 Å². The van der Waals surface area contributed by atoms with Crippen LogP contribution < -0.4 is 5.32 Å². The van der Waals surface area contributed by atoms with E-state index in [4.69, 9.17) is 16.6 Å². The maximum atomic E-state index is 13.5. The number of hydrogen-bond acceptors (Lipinski definition) is 3. The SMILES string of the molecule is CCCCN1C(=S)NC(c2ccccn2)C1c1ccc(-c2ccc(F)cc2Br)o1. The first-order valence-corrected chi connectivity index (χ1v) is 10.8. The van der Waals surface area contributed by atoms with Gasteiger partial charge in [0.25, 0.3) is 0 Å². The van der Waals surface area contributed by atoms with Crippen molar-refractivity contribution in [3.05, 3.63) is 76.5 Å². The molecule has 2 unspecified atom stereocenters. The number of halogens is 2. The van der Waals surface area contributed by atoms with Crippen LogP contribution in [-0.2, 0) is 0 Å². The van der Waals surface area contributed by atoms with E-state index in [1.54, 1.807) is 12.3 Å². The molecule has 0 spiro atoms. The fourth-order valence-electron chi connectivity index (χ4n) is 3.63. The lowest BCUT2D eigenvalue weighted by Crippen LogP contribution is -2.30. The van der Waals surface area contributed by atoms with Gasteiger partial charge in [-0.1, -0.05) is 19.4 Å². The summed E-state index contributed by atoms with van der Waals surface area (Å²) in [6.07, 6.45) is 3.89. The monoisotopic (exact) mass is 473 g/mol. The Morgan fingerprint density at radius 3 is 2.83 bits per heavy atom. The van der Waals surface area contributed by atoms with E-state index >= 15 is 0 Å². The first-order valence-electron chi connectivity index (χ1n) is 9.61. The average Bonchev–Trinajstić information content (AvgIpc) is 3.31. The first kappa shape index (κ1) is 20.0. The normalized spacial score (nSPS) is 18.9. The van der Waals surface area contributed by atoms with Gasteiger partial charge in [-0.3, -0.25) is 4.98 Å². The van der Waals surface area contributed by atoms with Crippen molar-refractivity contribution in [2.45, 2.75) is 31.8 Å². The van der Waals surface area contributed by atoms with E-state index < -0.39 is 0 Å². The third kappa shape index (κ3) is 4.07. The van der Waals surface area contributed by atoms with Gasteiger partial charge in [0, 0.05) is 22.8 Å². The molecule has 1 fully saturated rings. The van der Waals surface area contributed by atoms with Crippen molar-refractivity contribution in [1.29, 1.82) is 0 Å². The van der Waals surface area contributed by atoms with Crippen LogP contribution in [0.4, 0.5) is 4.39 Å².